The third-order valence-electron chi connectivity index (χ3n) is 3.10. The maximum Gasteiger partial charge on any atom is 0.370 e. The van der Waals surface area contributed by atoms with E-state index in [0.717, 1.165) is 5.69 Å². The fourth-order valence-corrected chi connectivity index (χ4v) is 1.83. The van der Waals surface area contributed by atoms with Gasteiger partial charge >= 0.3 is 5.82 Å². The molecule has 1 aromatic carbocycles. The zero-order chi connectivity index (χ0) is 16.1. The number of benzene rings is 1. The van der Waals surface area contributed by atoms with E-state index in [1.807, 2.05) is 37.2 Å². The Labute approximate surface area is 129 Å². The minimum Gasteiger partial charge on any atom is -0.494 e. The molecule has 0 N–H and O–H groups in total. The molecule has 0 aliphatic carbocycles. The van der Waals surface area contributed by atoms with Crippen molar-refractivity contribution in [1.29, 1.82) is 0 Å². The molecule has 2 rings (SSSR count). The first-order valence-corrected chi connectivity index (χ1v) is 6.73. The van der Waals surface area contributed by atoms with Gasteiger partial charge in [-0.05, 0) is 22.3 Å². The number of anilines is 1. The highest BCUT2D eigenvalue weighted by Crippen LogP contribution is 2.32. The van der Waals surface area contributed by atoms with Gasteiger partial charge in [0.15, 0.2) is 11.4 Å². The predicted octanol–water partition coefficient (Wildman–Crippen LogP) is 2.40. The molecule has 0 radical (unpaired) electrons. The fourth-order valence-electron chi connectivity index (χ4n) is 1.83. The van der Waals surface area contributed by atoms with Crippen LogP contribution in [0.3, 0.4) is 0 Å². The topological polar surface area (TPSA) is 63.2 Å². The van der Waals surface area contributed by atoms with Gasteiger partial charge in [0.1, 0.15) is 7.05 Å². The smallest absolute Gasteiger partial charge is 0.370 e. The molecule has 22 heavy (non-hydrogen) atoms. The second-order valence-electron chi connectivity index (χ2n) is 4.81. The number of methoxy groups -OCH3 is 2. The normalized spacial score (nSPS) is 10.8. The molecule has 1 aromatic heterocycles. The first-order chi connectivity index (χ1) is 10.5. The Morgan fingerprint density at radius 1 is 1.05 bits per heavy atom. The van der Waals surface area contributed by atoms with Crippen LogP contribution in [0.25, 0.3) is 0 Å². The molecule has 0 fully saturated rings. The molecule has 0 bridgehead atoms. The third kappa shape index (κ3) is 3.49. The molecule has 0 spiro atoms. The Morgan fingerprint density at radius 3 is 2.41 bits per heavy atom. The van der Waals surface area contributed by atoms with Crippen molar-refractivity contribution in [2.24, 2.45) is 17.3 Å². The Kier molecular flexibility index (Phi) is 4.88. The van der Waals surface area contributed by atoms with E-state index in [9.17, 15) is 0 Å². The monoisotopic (exact) mass is 302 g/mol. The van der Waals surface area contributed by atoms with Crippen molar-refractivity contribution in [3.8, 4) is 11.6 Å². The molecule has 0 amide bonds. The summed E-state index contributed by atoms with van der Waals surface area (Å²) in [5, 5.41) is 12.6. The van der Waals surface area contributed by atoms with E-state index >= 15 is 0 Å². The SMILES string of the molecule is COc1ccc(N=Nc2ccc(N(C)C)cc2OC)[n+](C)n1. The molecule has 0 aliphatic heterocycles. The summed E-state index contributed by atoms with van der Waals surface area (Å²) in [7, 11) is 8.91. The molecule has 0 saturated heterocycles. The molecule has 7 heteroatoms. The quantitative estimate of drug-likeness (QED) is 0.628. The largest absolute Gasteiger partial charge is 0.494 e. The number of rotatable bonds is 5. The zero-order valence-electron chi connectivity index (χ0n) is 13.4. The van der Waals surface area contributed by atoms with Crippen molar-refractivity contribution in [2.75, 3.05) is 33.2 Å². The summed E-state index contributed by atoms with van der Waals surface area (Å²) in [6.45, 7) is 0. The summed E-state index contributed by atoms with van der Waals surface area (Å²) >= 11 is 0. The van der Waals surface area contributed by atoms with E-state index in [-0.39, 0.29) is 0 Å². The number of ether oxygens (including phenoxy) is 2. The Morgan fingerprint density at radius 2 is 1.82 bits per heavy atom. The summed E-state index contributed by atoms with van der Waals surface area (Å²) in [4.78, 5) is 2.00. The Bertz CT molecular complexity index is 686. The van der Waals surface area contributed by atoms with E-state index < -0.39 is 0 Å². The van der Waals surface area contributed by atoms with Crippen LogP contribution in [-0.2, 0) is 7.05 Å². The standard InChI is InChI=1S/C15H20N5O2/c1-19(2)11-6-7-12(13(10-11)21-4)16-17-14-8-9-15(22-5)18-20(14)3/h6-10H,1-5H3/q+1. The van der Waals surface area contributed by atoms with Crippen LogP contribution >= 0.6 is 0 Å². The molecule has 1 heterocycles. The number of hydrogen-bond donors (Lipinski definition) is 0. The minimum absolute atomic E-state index is 0.523. The summed E-state index contributed by atoms with van der Waals surface area (Å²) in [6.07, 6.45) is 0. The molecular weight excluding hydrogens is 282 g/mol. The number of hydrogen-bond acceptors (Lipinski definition) is 6. The first-order valence-electron chi connectivity index (χ1n) is 6.73. The van der Waals surface area contributed by atoms with Gasteiger partial charge in [-0.2, -0.15) is 0 Å². The van der Waals surface area contributed by atoms with Crippen LogP contribution in [0.2, 0.25) is 0 Å². The van der Waals surface area contributed by atoms with Crippen LogP contribution in [0, 0.1) is 0 Å². The van der Waals surface area contributed by atoms with Crippen molar-refractivity contribution >= 4 is 17.2 Å². The van der Waals surface area contributed by atoms with Crippen LogP contribution in [-0.4, -0.2) is 33.4 Å². The zero-order valence-corrected chi connectivity index (χ0v) is 13.4. The maximum atomic E-state index is 5.37. The number of aromatic nitrogens is 2. The second kappa shape index (κ2) is 6.84. The van der Waals surface area contributed by atoms with Gasteiger partial charge in [-0.3, -0.25) is 0 Å². The van der Waals surface area contributed by atoms with E-state index in [2.05, 4.69) is 15.3 Å². The minimum atomic E-state index is 0.523. The summed E-state index contributed by atoms with van der Waals surface area (Å²) in [5.74, 6) is 1.80. The van der Waals surface area contributed by atoms with Gasteiger partial charge in [-0.15, -0.1) is 4.68 Å². The predicted molar refractivity (Wildman–Crippen MR) is 83.5 cm³/mol. The van der Waals surface area contributed by atoms with E-state index in [4.69, 9.17) is 9.47 Å². The Hall–Kier alpha value is -2.70. The number of azo groups is 1. The molecule has 0 unspecified atom stereocenters. The summed E-state index contributed by atoms with van der Waals surface area (Å²) in [6, 6.07) is 9.27. The van der Waals surface area contributed by atoms with Crippen LogP contribution in [0.15, 0.2) is 40.6 Å². The van der Waals surface area contributed by atoms with E-state index in [0.29, 0.717) is 23.1 Å². The van der Waals surface area contributed by atoms with Crippen LogP contribution in [0.1, 0.15) is 0 Å². The lowest BCUT2D eigenvalue weighted by Crippen LogP contribution is -2.33. The van der Waals surface area contributed by atoms with Crippen molar-refractivity contribution < 1.29 is 14.2 Å². The van der Waals surface area contributed by atoms with Crippen LogP contribution in [0.4, 0.5) is 17.2 Å². The fraction of sp³-hybridized carbons (Fsp3) is 0.333. The lowest BCUT2D eigenvalue weighted by molar-refractivity contribution is -0.718. The van der Waals surface area contributed by atoms with Crippen molar-refractivity contribution in [2.45, 2.75) is 0 Å². The van der Waals surface area contributed by atoms with Gasteiger partial charge < -0.3 is 14.4 Å². The molecule has 116 valence electrons. The summed E-state index contributed by atoms with van der Waals surface area (Å²) < 4.78 is 12.0. The maximum absolute atomic E-state index is 5.37. The average molecular weight is 302 g/mol. The average Bonchev–Trinajstić information content (AvgIpc) is 2.53. The van der Waals surface area contributed by atoms with Gasteiger partial charge in [-0.25, -0.2) is 0 Å². The molecule has 2 aromatic rings. The van der Waals surface area contributed by atoms with E-state index in [1.54, 1.807) is 38.1 Å². The lowest BCUT2D eigenvalue weighted by atomic mass is 10.2. The highest BCUT2D eigenvalue weighted by atomic mass is 16.5. The van der Waals surface area contributed by atoms with Gasteiger partial charge in [0, 0.05) is 38.0 Å². The lowest BCUT2D eigenvalue weighted by Gasteiger charge is -2.13. The second-order valence-corrected chi connectivity index (χ2v) is 4.81. The van der Waals surface area contributed by atoms with Crippen molar-refractivity contribution in [1.82, 2.24) is 5.10 Å². The molecule has 7 nitrogen and oxygen atoms in total. The van der Waals surface area contributed by atoms with E-state index in [1.165, 1.54) is 0 Å². The summed E-state index contributed by atoms with van der Waals surface area (Å²) in [5.41, 5.74) is 1.69. The van der Waals surface area contributed by atoms with Gasteiger partial charge in [-0.1, -0.05) is 0 Å². The van der Waals surface area contributed by atoms with Gasteiger partial charge in [0.05, 0.1) is 19.3 Å². The molecular formula is C15H20N5O2+. The van der Waals surface area contributed by atoms with Crippen molar-refractivity contribution in [3.63, 3.8) is 0 Å². The molecule has 0 aliphatic rings. The number of aryl methyl sites for hydroxylation is 1. The van der Waals surface area contributed by atoms with Crippen LogP contribution < -0.4 is 19.1 Å². The van der Waals surface area contributed by atoms with Crippen molar-refractivity contribution in [3.05, 3.63) is 30.3 Å². The van der Waals surface area contributed by atoms with Crippen LogP contribution in [0.5, 0.6) is 11.6 Å². The first kappa shape index (κ1) is 15.7. The Balaban J connectivity index is 2.30. The third-order valence-corrected chi connectivity index (χ3v) is 3.10. The van der Waals surface area contributed by atoms with Gasteiger partial charge in [0.25, 0.3) is 5.88 Å². The highest BCUT2D eigenvalue weighted by molar-refractivity contribution is 5.61. The number of nitrogens with zero attached hydrogens (tertiary/aromatic N) is 5. The molecule has 0 atom stereocenters. The molecule has 0 saturated carbocycles. The van der Waals surface area contributed by atoms with Gasteiger partial charge in [0.2, 0.25) is 0 Å². The highest BCUT2D eigenvalue weighted by Gasteiger charge is 2.11.